The molecule has 3 heterocycles. The summed E-state index contributed by atoms with van der Waals surface area (Å²) in [7, 11) is 4.02. The van der Waals surface area contributed by atoms with Crippen LogP contribution in [0.15, 0.2) is 37.1 Å². The Labute approximate surface area is 86.8 Å². The molecule has 0 fully saturated rings. The Morgan fingerprint density at radius 2 is 2.20 bits per heavy atom. The quantitative estimate of drug-likeness (QED) is 0.522. The number of imidazole rings is 2. The maximum Gasteiger partial charge on any atom is 0.215 e. The van der Waals surface area contributed by atoms with Crippen LogP contribution in [-0.2, 0) is 14.1 Å². The molecule has 0 atom stereocenters. The van der Waals surface area contributed by atoms with Gasteiger partial charge in [0.15, 0.2) is 19.1 Å². The van der Waals surface area contributed by atoms with E-state index in [0.717, 1.165) is 11.6 Å². The molecule has 0 saturated carbocycles. The minimum absolute atomic E-state index is 0.943. The zero-order chi connectivity index (χ0) is 10.4. The molecule has 0 aliphatic heterocycles. The van der Waals surface area contributed by atoms with Gasteiger partial charge in [-0.3, -0.25) is 8.97 Å². The number of hydrogen-bond donors (Lipinski definition) is 0. The highest BCUT2D eigenvalue weighted by Gasteiger charge is 2.12. The maximum atomic E-state index is 4.28. The number of aromatic nitrogens is 5. The minimum atomic E-state index is 0.943. The van der Waals surface area contributed by atoms with E-state index < -0.39 is 0 Å². The summed E-state index contributed by atoms with van der Waals surface area (Å²) in [6, 6.07) is 2.01. The van der Waals surface area contributed by atoms with Gasteiger partial charge in [-0.1, -0.05) is 0 Å². The van der Waals surface area contributed by atoms with E-state index in [1.54, 1.807) is 6.20 Å². The number of aryl methyl sites for hydroxylation is 2. The van der Waals surface area contributed by atoms with Crippen molar-refractivity contribution >= 4 is 5.78 Å². The first-order valence-electron chi connectivity index (χ1n) is 4.79. The summed E-state index contributed by atoms with van der Waals surface area (Å²) in [6.07, 6.45) is 9.84. The van der Waals surface area contributed by atoms with Crippen molar-refractivity contribution in [1.29, 1.82) is 0 Å². The minimum Gasteiger partial charge on any atom is -0.295 e. The van der Waals surface area contributed by atoms with Crippen LogP contribution in [0, 0.1) is 0 Å². The summed E-state index contributed by atoms with van der Waals surface area (Å²) < 4.78 is 8.15. The van der Waals surface area contributed by atoms with Crippen LogP contribution in [-0.4, -0.2) is 18.6 Å². The fourth-order valence-electron chi connectivity index (χ4n) is 1.85. The van der Waals surface area contributed by atoms with Crippen LogP contribution < -0.4 is 4.68 Å². The highest BCUT2D eigenvalue weighted by Crippen LogP contribution is 2.10. The average molecular weight is 202 g/mol. The second kappa shape index (κ2) is 2.73. The van der Waals surface area contributed by atoms with Crippen LogP contribution in [0.2, 0.25) is 0 Å². The molecular weight excluding hydrogens is 190 g/mol. The van der Waals surface area contributed by atoms with Crippen LogP contribution in [0.25, 0.3) is 11.6 Å². The lowest BCUT2D eigenvalue weighted by Crippen LogP contribution is -2.37. The molecular formula is C10H12N5+. The van der Waals surface area contributed by atoms with Crippen LogP contribution >= 0.6 is 0 Å². The molecule has 0 aliphatic rings. The molecule has 0 saturated heterocycles. The Balaban J connectivity index is 2.31. The van der Waals surface area contributed by atoms with E-state index in [4.69, 9.17) is 0 Å². The summed E-state index contributed by atoms with van der Waals surface area (Å²) in [5.74, 6) is 2.03. The Bertz CT molecular complexity index is 613. The van der Waals surface area contributed by atoms with Crippen LogP contribution in [0.3, 0.4) is 0 Å². The predicted molar refractivity (Wildman–Crippen MR) is 54.7 cm³/mol. The zero-order valence-electron chi connectivity index (χ0n) is 8.70. The van der Waals surface area contributed by atoms with Crippen molar-refractivity contribution < 1.29 is 4.68 Å². The van der Waals surface area contributed by atoms with Crippen molar-refractivity contribution in [2.75, 3.05) is 0 Å². The number of fused-ring (bicyclic) bond motifs is 1. The third kappa shape index (κ3) is 1.03. The lowest BCUT2D eigenvalue weighted by molar-refractivity contribution is -0.744. The second-order valence-corrected chi connectivity index (χ2v) is 3.59. The summed E-state index contributed by atoms with van der Waals surface area (Å²) in [6.45, 7) is 0. The van der Waals surface area contributed by atoms with Gasteiger partial charge in [0.1, 0.15) is 0 Å². The molecule has 0 bridgehead atoms. The van der Waals surface area contributed by atoms with Gasteiger partial charge in [-0.15, -0.1) is 9.36 Å². The van der Waals surface area contributed by atoms with Crippen molar-refractivity contribution in [2.45, 2.75) is 0 Å². The monoisotopic (exact) mass is 202 g/mol. The summed E-state index contributed by atoms with van der Waals surface area (Å²) in [4.78, 5) is 4.28. The standard InChI is InChI=1S/C10H12N5/c1-12-5-3-6-15(12)9-8-14-7-4-11-10(14)13(9)2/h3-8H,1-2H3/q+1. The third-order valence-corrected chi connectivity index (χ3v) is 2.65. The van der Waals surface area contributed by atoms with Gasteiger partial charge in [0.25, 0.3) is 0 Å². The van der Waals surface area contributed by atoms with E-state index in [1.807, 2.05) is 47.8 Å². The highest BCUT2D eigenvalue weighted by molar-refractivity contribution is 5.38. The van der Waals surface area contributed by atoms with E-state index in [1.165, 1.54) is 0 Å². The highest BCUT2D eigenvalue weighted by atomic mass is 15.4. The maximum absolute atomic E-state index is 4.28. The van der Waals surface area contributed by atoms with Crippen LogP contribution in [0.5, 0.6) is 0 Å². The van der Waals surface area contributed by atoms with E-state index in [2.05, 4.69) is 20.4 Å². The van der Waals surface area contributed by atoms with Gasteiger partial charge in [0.05, 0.1) is 12.4 Å². The molecule has 0 radical (unpaired) electrons. The van der Waals surface area contributed by atoms with E-state index in [0.29, 0.717) is 0 Å². The van der Waals surface area contributed by atoms with E-state index in [9.17, 15) is 0 Å². The molecule has 0 aromatic carbocycles. The van der Waals surface area contributed by atoms with Gasteiger partial charge in [-0.2, -0.15) is 0 Å². The molecule has 0 amide bonds. The van der Waals surface area contributed by atoms with Gasteiger partial charge >= 0.3 is 0 Å². The number of nitrogens with zero attached hydrogens (tertiary/aromatic N) is 5. The van der Waals surface area contributed by atoms with E-state index in [-0.39, 0.29) is 0 Å². The smallest absolute Gasteiger partial charge is 0.215 e. The van der Waals surface area contributed by atoms with Gasteiger partial charge in [-0.05, 0) is 0 Å². The lowest BCUT2D eigenvalue weighted by atomic mass is 10.7. The fourth-order valence-corrected chi connectivity index (χ4v) is 1.85. The Morgan fingerprint density at radius 1 is 1.33 bits per heavy atom. The lowest BCUT2D eigenvalue weighted by Gasteiger charge is -1.99. The van der Waals surface area contributed by atoms with Crippen LogP contribution in [0.4, 0.5) is 0 Å². The summed E-state index contributed by atoms with van der Waals surface area (Å²) in [5.41, 5.74) is 0. The first-order chi connectivity index (χ1) is 7.27. The molecule has 76 valence electrons. The molecule has 15 heavy (non-hydrogen) atoms. The topological polar surface area (TPSA) is 31.0 Å². The van der Waals surface area contributed by atoms with Gasteiger partial charge in [0, 0.05) is 25.5 Å². The van der Waals surface area contributed by atoms with Crippen LogP contribution in [0.1, 0.15) is 0 Å². The SMILES string of the molecule is Cn1c(-n2ccc[n+]2C)cn2ccnc12. The molecule has 3 aromatic heterocycles. The molecule has 0 aliphatic carbocycles. The largest absolute Gasteiger partial charge is 0.295 e. The number of rotatable bonds is 1. The molecule has 3 rings (SSSR count). The molecule has 5 nitrogen and oxygen atoms in total. The first kappa shape index (κ1) is 8.28. The van der Waals surface area contributed by atoms with Gasteiger partial charge in [-0.25, -0.2) is 4.98 Å². The zero-order valence-corrected chi connectivity index (χ0v) is 8.70. The van der Waals surface area contributed by atoms with Gasteiger partial charge < -0.3 is 0 Å². The average Bonchev–Trinajstić information content (AvgIpc) is 2.85. The number of hydrogen-bond acceptors (Lipinski definition) is 1. The van der Waals surface area contributed by atoms with Gasteiger partial charge in [0.2, 0.25) is 5.78 Å². The van der Waals surface area contributed by atoms with Crippen molar-refractivity contribution in [1.82, 2.24) is 18.6 Å². The Kier molecular flexibility index (Phi) is 1.50. The van der Waals surface area contributed by atoms with Crippen molar-refractivity contribution in [3.8, 4) is 5.82 Å². The molecule has 5 heteroatoms. The summed E-state index contributed by atoms with van der Waals surface area (Å²) >= 11 is 0. The Hall–Kier alpha value is -2.04. The predicted octanol–water partition coefficient (Wildman–Crippen LogP) is 0.288. The third-order valence-electron chi connectivity index (χ3n) is 2.65. The van der Waals surface area contributed by atoms with Crippen molar-refractivity contribution in [2.24, 2.45) is 14.1 Å². The molecule has 0 spiro atoms. The normalized spacial score (nSPS) is 11.3. The second-order valence-electron chi connectivity index (χ2n) is 3.59. The fraction of sp³-hybridized carbons (Fsp3) is 0.200. The molecule has 3 aromatic rings. The van der Waals surface area contributed by atoms with Crippen molar-refractivity contribution in [3.05, 3.63) is 37.1 Å². The molecule has 0 N–H and O–H groups in total. The first-order valence-corrected chi connectivity index (χ1v) is 4.79. The Morgan fingerprint density at radius 3 is 2.87 bits per heavy atom. The summed E-state index contributed by atoms with van der Waals surface area (Å²) in [5, 5.41) is 0. The van der Waals surface area contributed by atoms with E-state index >= 15 is 0 Å². The van der Waals surface area contributed by atoms with Crippen molar-refractivity contribution in [3.63, 3.8) is 0 Å². The molecule has 0 unspecified atom stereocenters.